The third kappa shape index (κ3) is 2.93. The Morgan fingerprint density at radius 1 is 1.60 bits per heavy atom. The van der Waals surface area contributed by atoms with Crippen LogP contribution in [-0.2, 0) is 13.0 Å². The van der Waals surface area contributed by atoms with Crippen LogP contribution in [0.5, 0.6) is 0 Å². The molecule has 1 heterocycles. The Hall–Kier alpha value is -1.08. The molecule has 0 aliphatic carbocycles. The zero-order valence-corrected chi connectivity index (χ0v) is 10.1. The van der Waals surface area contributed by atoms with E-state index in [9.17, 15) is 0 Å². The number of thioether (sulfide) groups is 1. The Labute approximate surface area is 95.5 Å². The molecule has 0 atom stereocenters. The average molecular weight is 223 g/mol. The molecule has 0 aliphatic heterocycles. The summed E-state index contributed by atoms with van der Waals surface area (Å²) in [6, 6.07) is 0. The number of hydrogen-bond donors (Lipinski definition) is 1. The first-order valence-electron chi connectivity index (χ1n) is 4.94. The first-order chi connectivity index (χ1) is 7.20. The summed E-state index contributed by atoms with van der Waals surface area (Å²) in [7, 11) is 0. The number of terminal acetylenes is 1. The third-order valence-electron chi connectivity index (χ3n) is 2.29. The van der Waals surface area contributed by atoms with Crippen LogP contribution in [0.3, 0.4) is 0 Å². The van der Waals surface area contributed by atoms with Gasteiger partial charge in [-0.05, 0) is 31.8 Å². The van der Waals surface area contributed by atoms with Crippen molar-refractivity contribution in [3.05, 3.63) is 11.5 Å². The normalized spacial score (nSPS) is 10.2. The van der Waals surface area contributed by atoms with Gasteiger partial charge in [0.05, 0.1) is 12.2 Å². The first kappa shape index (κ1) is 12.0. The summed E-state index contributed by atoms with van der Waals surface area (Å²) in [5.74, 6) is 5.36. The second-order valence-electron chi connectivity index (χ2n) is 3.38. The summed E-state index contributed by atoms with van der Waals surface area (Å²) in [5.41, 5.74) is 6.95. The SMILES string of the molecule is C#CCn1c(C)nc(CCCSC)c1N. The number of anilines is 1. The highest BCUT2D eigenvalue weighted by Gasteiger charge is 2.10. The van der Waals surface area contributed by atoms with Gasteiger partial charge in [-0.25, -0.2) is 4.98 Å². The monoisotopic (exact) mass is 223 g/mol. The summed E-state index contributed by atoms with van der Waals surface area (Å²) < 4.78 is 1.88. The molecule has 0 fully saturated rings. The second kappa shape index (κ2) is 5.72. The largest absolute Gasteiger partial charge is 0.384 e. The van der Waals surface area contributed by atoms with E-state index in [1.54, 1.807) is 0 Å². The molecule has 1 aromatic heterocycles. The van der Waals surface area contributed by atoms with E-state index in [1.807, 2.05) is 23.3 Å². The maximum atomic E-state index is 5.97. The topological polar surface area (TPSA) is 43.8 Å². The molecule has 1 aromatic rings. The van der Waals surface area contributed by atoms with Crippen molar-refractivity contribution in [1.82, 2.24) is 9.55 Å². The zero-order valence-electron chi connectivity index (χ0n) is 9.29. The highest BCUT2D eigenvalue weighted by Crippen LogP contribution is 2.16. The lowest BCUT2D eigenvalue weighted by Gasteiger charge is -2.02. The van der Waals surface area contributed by atoms with Gasteiger partial charge in [0.15, 0.2) is 0 Å². The molecule has 0 aromatic carbocycles. The standard InChI is InChI=1S/C11H17N3S/c1-4-7-14-9(2)13-10(11(14)12)6-5-8-15-3/h1H,5-8,12H2,2-3H3. The molecule has 82 valence electrons. The van der Waals surface area contributed by atoms with Crippen molar-refractivity contribution in [1.29, 1.82) is 0 Å². The molecule has 0 radical (unpaired) electrons. The predicted molar refractivity (Wildman–Crippen MR) is 66.9 cm³/mol. The van der Waals surface area contributed by atoms with E-state index < -0.39 is 0 Å². The fourth-order valence-electron chi connectivity index (χ4n) is 1.50. The molecule has 0 bridgehead atoms. The van der Waals surface area contributed by atoms with Gasteiger partial charge in [0.25, 0.3) is 0 Å². The van der Waals surface area contributed by atoms with Gasteiger partial charge in [-0.3, -0.25) is 0 Å². The molecule has 3 nitrogen and oxygen atoms in total. The minimum absolute atomic E-state index is 0.507. The molecule has 4 heteroatoms. The second-order valence-corrected chi connectivity index (χ2v) is 4.36. The van der Waals surface area contributed by atoms with Gasteiger partial charge in [-0.2, -0.15) is 11.8 Å². The summed E-state index contributed by atoms with van der Waals surface area (Å²) in [4.78, 5) is 4.43. The number of imidazole rings is 1. The van der Waals surface area contributed by atoms with Crippen molar-refractivity contribution < 1.29 is 0 Å². The first-order valence-corrected chi connectivity index (χ1v) is 6.34. The lowest BCUT2D eigenvalue weighted by Crippen LogP contribution is -2.04. The van der Waals surface area contributed by atoms with E-state index in [4.69, 9.17) is 12.2 Å². The van der Waals surface area contributed by atoms with Crippen molar-refractivity contribution in [2.45, 2.75) is 26.3 Å². The number of nitrogen functional groups attached to an aromatic ring is 1. The van der Waals surface area contributed by atoms with E-state index in [-0.39, 0.29) is 0 Å². The maximum absolute atomic E-state index is 5.97. The fourth-order valence-corrected chi connectivity index (χ4v) is 1.93. The van der Waals surface area contributed by atoms with Gasteiger partial charge in [-0.15, -0.1) is 6.42 Å². The van der Waals surface area contributed by atoms with Crippen LogP contribution in [0.15, 0.2) is 0 Å². The fraction of sp³-hybridized carbons (Fsp3) is 0.545. The lowest BCUT2D eigenvalue weighted by molar-refractivity contribution is 0.807. The van der Waals surface area contributed by atoms with Crippen molar-refractivity contribution in [3.8, 4) is 12.3 Å². The number of hydrogen-bond acceptors (Lipinski definition) is 3. The van der Waals surface area contributed by atoms with E-state index >= 15 is 0 Å². The molecular formula is C11H17N3S. The quantitative estimate of drug-likeness (QED) is 0.610. The van der Waals surface area contributed by atoms with Crippen LogP contribution in [0.25, 0.3) is 0 Å². The van der Waals surface area contributed by atoms with Crippen LogP contribution in [-0.4, -0.2) is 21.6 Å². The van der Waals surface area contributed by atoms with Gasteiger partial charge < -0.3 is 10.3 Å². The minimum atomic E-state index is 0.507. The van der Waals surface area contributed by atoms with Gasteiger partial charge >= 0.3 is 0 Å². The highest BCUT2D eigenvalue weighted by atomic mass is 32.2. The molecule has 0 spiro atoms. The van der Waals surface area contributed by atoms with Crippen LogP contribution in [0.4, 0.5) is 5.82 Å². The Balaban J connectivity index is 2.73. The van der Waals surface area contributed by atoms with Crippen LogP contribution in [0, 0.1) is 19.3 Å². The smallest absolute Gasteiger partial charge is 0.127 e. The molecule has 0 amide bonds. The van der Waals surface area contributed by atoms with E-state index in [2.05, 4.69) is 17.2 Å². The Kier molecular flexibility index (Phi) is 4.57. The molecular weight excluding hydrogens is 206 g/mol. The van der Waals surface area contributed by atoms with Crippen molar-refractivity contribution >= 4 is 17.6 Å². The van der Waals surface area contributed by atoms with Crippen molar-refractivity contribution in [2.24, 2.45) is 0 Å². The summed E-state index contributed by atoms with van der Waals surface area (Å²) in [6.45, 7) is 2.44. The Morgan fingerprint density at radius 3 is 2.93 bits per heavy atom. The summed E-state index contributed by atoms with van der Waals surface area (Å²) >= 11 is 1.84. The van der Waals surface area contributed by atoms with Crippen LogP contribution in [0.2, 0.25) is 0 Å². The van der Waals surface area contributed by atoms with Gasteiger partial charge in [0.2, 0.25) is 0 Å². The van der Waals surface area contributed by atoms with Crippen molar-refractivity contribution in [3.63, 3.8) is 0 Å². The Morgan fingerprint density at radius 2 is 2.33 bits per heavy atom. The number of rotatable bonds is 5. The Bertz CT molecular complexity index is 363. The van der Waals surface area contributed by atoms with E-state index in [1.165, 1.54) is 0 Å². The summed E-state index contributed by atoms with van der Waals surface area (Å²) in [5, 5.41) is 0. The molecule has 1 rings (SSSR count). The van der Waals surface area contributed by atoms with E-state index in [0.29, 0.717) is 6.54 Å². The molecule has 0 aliphatic rings. The van der Waals surface area contributed by atoms with Crippen molar-refractivity contribution in [2.75, 3.05) is 17.7 Å². The van der Waals surface area contributed by atoms with Crippen LogP contribution in [0.1, 0.15) is 17.9 Å². The van der Waals surface area contributed by atoms with Gasteiger partial charge in [0.1, 0.15) is 11.6 Å². The number of aromatic nitrogens is 2. The number of nitrogens with zero attached hydrogens (tertiary/aromatic N) is 2. The third-order valence-corrected chi connectivity index (χ3v) is 2.98. The predicted octanol–water partition coefficient (Wildman–Crippen LogP) is 1.70. The number of nitrogens with two attached hydrogens (primary N) is 1. The molecule has 2 N–H and O–H groups in total. The molecule has 0 saturated carbocycles. The average Bonchev–Trinajstić information content (AvgIpc) is 2.47. The number of aryl methyl sites for hydroxylation is 2. The molecule has 0 unspecified atom stereocenters. The molecule has 15 heavy (non-hydrogen) atoms. The van der Waals surface area contributed by atoms with E-state index in [0.717, 1.165) is 35.9 Å². The maximum Gasteiger partial charge on any atom is 0.127 e. The zero-order chi connectivity index (χ0) is 11.3. The minimum Gasteiger partial charge on any atom is -0.384 e. The van der Waals surface area contributed by atoms with Gasteiger partial charge in [0, 0.05) is 0 Å². The summed E-state index contributed by atoms with van der Waals surface area (Å²) in [6.07, 6.45) is 9.42. The van der Waals surface area contributed by atoms with Crippen LogP contribution >= 0.6 is 11.8 Å². The van der Waals surface area contributed by atoms with Crippen LogP contribution < -0.4 is 5.73 Å². The highest BCUT2D eigenvalue weighted by molar-refractivity contribution is 7.98. The lowest BCUT2D eigenvalue weighted by atomic mass is 10.2. The molecule has 0 saturated heterocycles. The van der Waals surface area contributed by atoms with Gasteiger partial charge in [-0.1, -0.05) is 5.92 Å².